The molecule has 0 aliphatic rings. The van der Waals surface area contributed by atoms with Crippen LogP contribution < -0.4 is 5.32 Å². The van der Waals surface area contributed by atoms with Gasteiger partial charge in [-0.3, -0.25) is 14.6 Å². The highest BCUT2D eigenvalue weighted by Crippen LogP contribution is 2.18. The van der Waals surface area contributed by atoms with Crippen LogP contribution in [0.5, 0.6) is 0 Å². The Bertz CT molecular complexity index is 1080. The SMILES string of the molecule is Cc1nn(Cc2ccccc2)c(C)c1CNC(=O)c1cc(-c2ccco2)[nH]n1. The molecule has 28 heavy (non-hydrogen) atoms. The number of aromatic amines is 1. The normalized spacial score (nSPS) is 10.9. The molecule has 0 fully saturated rings. The second-order valence-electron chi connectivity index (χ2n) is 6.62. The molecule has 3 heterocycles. The number of rotatable bonds is 6. The maximum Gasteiger partial charge on any atom is 0.272 e. The van der Waals surface area contributed by atoms with Gasteiger partial charge in [0, 0.05) is 23.9 Å². The Morgan fingerprint density at radius 3 is 2.75 bits per heavy atom. The molecule has 0 bridgehead atoms. The first kappa shape index (κ1) is 17.8. The average Bonchev–Trinajstić information content (AvgIpc) is 3.43. The van der Waals surface area contributed by atoms with Crippen molar-refractivity contribution in [2.24, 2.45) is 0 Å². The summed E-state index contributed by atoms with van der Waals surface area (Å²) in [6.07, 6.45) is 1.58. The van der Waals surface area contributed by atoms with Crippen LogP contribution in [0.4, 0.5) is 0 Å². The molecule has 0 aliphatic carbocycles. The number of benzene rings is 1. The van der Waals surface area contributed by atoms with E-state index in [0.717, 1.165) is 17.0 Å². The van der Waals surface area contributed by atoms with E-state index in [9.17, 15) is 4.79 Å². The third-order valence-corrected chi connectivity index (χ3v) is 4.73. The smallest absolute Gasteiger partial charge is 0.272 e. The molecule has 142 valence electrons. The molecule has 7 heteroatoms. The van der Waals surface area contributed by atoms with Crippen molar-refractivity contribution < 1.29 is 9.21 Å². The summed E-state index contributed by atoms with van der Waals surface area (Å²) in [5, 5.41) is 14.4. The molecule has 0 aliphatic heterocycles. The van der Waals surface area contributed by atoms with Crippen LogP contribution in [-0.4, -0.2) is 25.9 Å². The zero-order valence-corrected chi connectivity index (χ0v) is 15.8. The minimum atomic E-state index is -0.247. The van der Waals surface area contributed by atoms with Crippen LogP contribution in [0.1, 0.15) is 33.0 Å². The Morgan fingerprint density at radius 1 is 1.18 bits per heavy atom. The van der Waals surface area contributed by atoms with E-state index in [4.69, 9.17) is 4.42 Å². The lowest BCUT2D eigenvalue weighted by Crippen LogP contribution is -2.23. The molecular weight excluding hydrogens is 354 g/mol. The third kappa shape index (κ3) is 3.59. The van der Waals surface area contributed by atoms with E-state index in [0.29, 0.717) is 30.2 Å². The fraction of sp³-hybridized carbons (Fsp3) is 0.190. The van der Waals surface area contributed by atoms with Gasteiger partial charge in [-0.1, -0.05) is 30.3 Å². The van der Waals surface area contributed by atoms with Crippen LogP contribution in [0, 0.1) is 13.8 Å². The monoisotopic (exact) mass is 375 g/mol. The van der Waals surface area contributed by atoms with Crippen molar-refractivity contribution in [2.45, 2.75) is 26.9 Å². The molecule has 1 aromatic carbocycles. The van der Waals surface area contributed by atoms with E-state index < -0.39 is 0 Å². The van der Waals surface area contributed by atoms with Gasteiger partial charge in [0.2, 0.25) is 0 Å². The van der Waals surface area contributed by atoms with Gasteiger partial charge >= 0.3 is 0 Å². The first-order valence-corrected chi connectivity index (χ1v) is 9.06. The Hall–Kier alpha value is -3.61. The summed E-state index contributed by atoms with van der Waals surface area (Å²) in [5.74, 6) is 0.393. The molecule has 7 nitrogen and oxygen atoms in total. The Labute approximate surface area is 162 Å². The second kappa shape index (κ2) is 7.56. The predicted octanol–water partition coefficient (Wildman–Crippen LogP) is 3.46. The standard InChI is InChI=1S/C21H21N5O2/c1-14-17(15(2)26(25-14)13-16-7-4-3-5-8-16)12-22-21(27)19-11-18(23-24-19)20-9-6-10-28-20/h3-11H,12-13H2,1-2H3,(H,22,27)(H,23,24). The number of carbonyl (C=O) groups excluding carboxylic acids is 1. The maximum absolute atomic E-state index is 12.5. The van der Waals surface area contributed by atoms with Crippen molar-refractivity contribution in [2.75, 3.05) is 0 Å². The minimum absolute atomic E-state index is 0.247. The fourth-order valence-corrected chi connectivity index (χ4v) is 3.16. The van der Waals surface area contributed by atoms with Crippen LogP contribution in [0.25, 0.3) is 11.5 Å². The van der Waals surface area contributed by atoms with Gasteiger partial charge in [0.05, 0.1) is 18.5 Å². The van der Waals surface area contributed by atoms with E-state index in [1.54, 1.807) is 18.4 Å². The van der Waals surface area contributed by atoms with Gasteiger partial charge in [-0.25, -0.2) is 0 Å². The quantitative estimate of drug-likeness (QED) is 0.540. The van der Waals surface area contributed by atoms with Crippen molar-refractivity contribution in [3.8, 4) is 11.5 Å². The molecule has 0 unspecified atom stereocenters. The molecule has 0 saturated carbocycles. The zero-order chi connectivity index (χ0) is 19.5. The van der Waals surface area contributed by atoms with Gasteiger partial charge in [0.25, 0.3) is 5.91 Å². The molecule has 4 aromatic rings. The lowest BCUT2D eigenvalue weighted by Gasteiger charge is -2.06. The first-order chi connectivity index (χ1) is 13.6. The van der Waals surface area contributed by atoms with Crippen LogP contribution in [-0.2, 0) is 13.1 Å². The zero-order valence-electron chi connectivity index (χ0n) is 15.8. The topological polar surface area (TPSA) is 88.7 Å². The number of furan rings is 1. The predicted molar refractivity (Wildman–Crippen MR) is 105 cm³/mol. The summed E-state index contributed by atoms with van der Waals surface area (Å²) in [6, 6.07) is 15.5. The van der Waals surface area contributed by atoms with Gasteiger partial charge in [-0.05, 0) is 31.5 Å². The number of H-pyrrole nitrogens is 1. The van der Waals surface area contributed by atoms with Gasteiger partial charge < -0.3 is 9.73 Å². The molecule has 0 atom stereocenters. The van der Waals surface area contributed by atoms with Gasteiger partial charge in [-0.2, -0.15) is 10.2 Å². The highest BCUT2D eigenvalue weighted by Gasteiger charge is 2.16. The number of aryl methyl sites for hydroxylation is 1. The first-order valence-electron chi connectivity index (χ1n) is 9.06. The largest absolute Gasteiger partial charge is 0.463 e. The van der Waals surface area contributed by atoms with Crippen molar-refractivity contribution >= 4 is 5.91 Å². The second-order valence-corrected chi connectivity index (χ2v) is 6.62. The Balaban J connectivity index is 1.44. The molecule has 4 rings (SSSR count). The third-order valence-electron chi connectivity index (χ3n) is 4.73. The van der Waals surface area contributed by atoms with Gasteiger partial charge in [0.1, 0.15) is 5.69 Å². The number of hydrogen-bond donors (Lipinski definition) is 2. The molecular formula is C21H21N5O2. The number of amides is 1. The number of hydrogen-bond acceptors (Lipinski definition) is 4. The van der Waals surface area contributed by atoms with E-state index >= 15 is 0 Å². The number of carbonyl (C=O) groups is 1. The van der Waals surface area contributed by atoms with Crippen LogP contribution in [0.3, 0.4) is 0 Å². The van der Waals surface area contributed by atoms with Crippen LogP contribution in [0.2, 0.25) is 0 Å². The summed E-state index contributed by atoms with van der Waals surface area (Å²) in [6.45, 7) is 5.08. The Morgan fingerprint density at radius 2 is 2.00 bits per heavy atom. The maximum atomic E-state index is 12.5. The number of nitrogens with one attached hydrogen (secondary N) is 2. The van der Waals surface area contributed by atoms with Crippen LogP contribution >= 0.6 is 0 Å². The molecule has 0 saturated heterocycles. The van der Waals surface area contributed by atoms with E-state index in [1.165, 1.54) is 5.56 Å². The van der Waals surface area contributed by atoms with Crippen molar-refractivity contribution in [1.29, 1.82) is 0 Å². The van der Waals surface area contributed by atoms with Gasteiger partial charge in [-0.15, -0.1) is 0 Å². The average molecular weight is 375 g/mol. The molecule has 0 radical (unpaired) electrons. The Kier molecular flexibility index (Phi) is 4.80. The highest BCUT2D eigenvalue weighted by molar-refractivity contribution is 5.93. The lowest BCUT2D eigenvalue weighted by atomic mass is 10.2. The summed E-state index contributed by atoms with van der Waals surface area (Å²) in [5.41, 5.74) is 5.14. The molecule has 2 N–H and O–H groups in total. The van der Waals surface area contributed by atoms with Gasteiger partial charge in [0.15, 0.2) is 11.5 Å². The number of aromatic nitrogens is 4. The lowest BCUT2D eigenvalue weighted by molar-refractivity contribution is 0.0946. The van der Waals surface area contributed by atoms with Crippen LogP contribution in [0.15, 0.2) is 59.2 Å². The van der Waals surface area contributed by atoms with E-state index in [2.05, 4.69) is 32.7 Å². The van der Waals surface area contributed by atoms with Crippen molar-refractivity contribution in [1.82, 2.24) is 25.3 Å². The fourth-order valence-electron chi connectivity index (χ4n) is 3.16. The summed E-state index contributed by atoms with van der Waals surface area (Å²) >= 11 is 0. The molecule has 3 aromatic heterocycles. The van der Waals surface area contributed by atoms with E-state index in [1.807, 2.05) is 42.8 Å². The van der Waals surface area contributed by atoms with Crippen molar-refractivity contribution in [3.63, 3.8) is 0 Å². The molecule has 1 amide bonds. The summed E-state index contributed by atoms with van der Waals surface area (Å²) in [4.78, 5) is 12.5. The number of nitrogens with zero attached hydrogens (tertiary/aromatic N) is 3. The van der Waals surface area contributed by atoms with E-state index in [-0.39, 0.29) is 5.91 Å². The van der Waals surface area contributed by atoms with Crippen molar-refractivity contribution in [3.05, 3.63) is 83.0 Å². The minimum Gasteiger partial charge on any atom is -0.463 e. The summed E-state index contributed by atoms with van der Waals surface area (Å²) < 4.78 is 7.28. The summed E-state index contributed by atoms with van der Waals surface area (Å²) in [7, 11) is 0. The molecule has 0 spiro atoms. The highest BCUT2D eigenvalue weighted by atomic mass is 16.3.